The van der Waals surface area contributed by atoms with E-state index in [2.05, 4.69) is 5.32 Å². The topological polar surface area (TPSA) is 101 Å². The molecule has 0 aliphatic heterocycles. The number of nitrogens with one attached hydrogen (secondary N) is 1. The summed E-state index contributed by atoms with van der Waals surface area (Å²) in [7, 11) is 4.63. The van der Waals surface area contributed by atoms with Crippen LogP contribution in [0.4, 0.5) is 5.69 Å². The number of aromatic nitrogens is 2. The number of ether oxygens (including phenoxy) is 4. The molecule has 0 atom stereocenters. The highest BCUT2D eigenvalue weighted by atomic mass is 16.5. The van der Waals surface area contributed by atoms with Gasteiger partial charge in [0, 0.05) is 35.2 Å². The Bertz CT molecular complexity index is 1430. The van der Waals surface area contributed by atoms with Gasteiger partial charge in [-0.2, -0.15) is 5.10 Å². The first-order valence-electron chi connectivity index (χ1n) is 11.7. The van der Waals surface area contributed by atoms with Crippen molar-refractivity contribution in [2.45, 2.75) is 0 Å². The van der Waals surface area contributed by atoms with Gasteiger partial charge in [-0.05, 0) is 54.6 Å². The van der Waals surface area contributed by atoms with Crippen molar-refractivity contribution in [3.63, 3.8) is 0 Å². The van der Waals surface area contributed by atoms with Gasteiger partial charge in [0.15, 0.2) is 18.1 Å². The third-order valence-electron chi connectivity index (χ3n) is 5.54. The lowest BCUT2D eigenvalue weighted by Crippen LogP contribution is -2.20. The van der Waals surface area contributed by atoms with Gasteiger partial charge < -0.3 is 24.3 Å². The molecule has 1 aromatic heterocycles. The number of amides is 1. The number of hydrogen-bond donors (Lipinski definition) is 1. The van der Waals surface area contributed by atoms with Crippen molar-refractivity contribution in [2.75, 3.05) is 33.3 Å². The lowest BCUT2D eigenvalue weighted by molar-refractivity contribution is -0.142. The molecule has 0 fully saturated rings. The van der Waals surface area contributed by atoms with E-state index in [-0.39, 0.29) is 0 Å². The Hall–Kier alpha value is -5.05. The zero-order chi connectivity index (χ0) is 26.9. The number of rotatable bonds is 10. The molecule has 1 heterocycles. The third-order valence-corrected chi connectivity index (χ3v) is 5.54. The standard InChI is InChI=1S/C29H27N3O6/c1-35-24-13-9-20(10-14-24)29-21(18-32(31-29)23-7-5-4-6-8-23)11-16-28(34)38-19-27(33)30-22-12-15-25(36-2)26(17-22)37-3/h4-18H,19H2,1-3H3,(H,30,33). The monoisotopic (exact) mass is 513 g/mol. The van der Waals surface area contributed by atoms with Gasteiger partial charge in [-0.3, -0.25) is 4.79 Å². The van der Waals surface area contributed by atoms with E-state index in [1.54, 1.807) is 36.1 Å². The molecule has 9 heteroatoms. The number of esters is 1. The van der Waals surface area contributed by atoms with E-state index < -0.39 is 18.5 Å². The smallest absolute Gasteiger partial charge is 0.331 e. The fourth-order valence-electron chi connectivity index (χ4n) is 3.65. The average Bonchev–Trinajstić information content (AvgIpc) is 3.39. The van der Waals surface area contributed by atoms with Gasteiger partial charge in [0.1, 0.15) is 5.75 Å². The van der Waals surface area contributed by atoms with Crippen LogP contribution in [0.2, 0.25) is 0 Å². The molecule has 38 heavy (non-hydrogen) atoms. The fourth-order valence-corrected chi connectivity index (χ4v) is 3.65. The average molecular weight is 514 g/mol. The van der Waals surface area contributed by atoms with Crippen LogP contribution < -0.4 is 19.5 Å². The van der Waals surface area contributed by atoms with Crippen molar-refractivity contribution in [3.05, 3.63) is 90.6 Å². The molecule has 4 rings (SSSR count). The molecule has 0 saturated carbocycles. The Kier molecular flexibility index (Phi) is 8.40. The fraction of sp³-hybridized carbons (Fsp3) is 0.138. The van der Waals surface area contributed by atoms with Crippen molar-refractivity contribution in [2.24, 2.45) is 0 Å². The highest BCUT2D eigenvalue weighted by molar-refractivity contribution is 5.95. The maximum absolute atomic E-state index is 12.4. The van der Waals surface area contributed by atoms with E-state index in [0.717, 1.165) is 17.0 Å². The van der Waals surface area contributed by atoms with Gasteiger partial charge in [-0.1, -0.05) is 18.2 Å². The summed E-state index contributed by atoms with van der Waals surface area (Å²) in [5.41, 5.74) is 3.58. The number of anilines is 1. The lowest BCUT2D eigenvalue weighted by atomic mass is 10.1. The van der Waals surface area contributed by atoms with Crippen molar-refractivity contribution in [3.8, 4) is 34.2 Å². The van der Waals surface area contributed by atoms with Gasteiger partial charge in [0.2, 0.25) is 0 Å². The summed E-state index contributed by atoms with van der Waals surface area (Å²) in [6.45, 7) is -0.452. The maximum atomic E-state index is 12.4. The second kappa shape index (κ2) is 12.3. The summed E-state index contributed by atoms with van der Waals surface area (Å²) in [6, 6.07) is 22.0. The minimum absolute atomic E-state index is 0.452. The predicted molar refractivity (Wildman–Crippen MR) is 144 cm³/mol. The van der Waals surface area contributed by atoms with Crippen LogP contribution in [-0.4, -0.2) is 49.6 Å². The summed E-state index contributed by atoms with van der Waals surface area (Å²) in [6.07, 6.45) is 4.70. The van der Waals surface area contributed by atoms with Crippen molar-refractivity contribution in [1.29, 1.82) is 0 Å². The highest BCUT2D eigenvalue weighted by Gasteiger charge is 2.13. The Labute approximate surface area is 220 Å². The van der Waals surface area contributed by atoms with Gasteiger partial charge in [-0.15, -0.1) is 0 Å². The quantitative estimate of drug-likeness (QED) is 0.241. The Morgan fingerprint density at radius 2 is 1.63 bits per heavy atom. The second-order valence-corrected chi connectivity index (χ2v) is 8.00. The number of carbonyl (C=O) groups excluding carboxylic acids is 2. The molecule has 9 nitrogen and oxygen atoms in total. The van der Waals surface area contributed by atoms with Crippen LogP contribution in [0, 0.1) is 0 Å². The molecule has 1 N–H and O–H groups in total. The normalized spacial score (nSPS) is 10.7. The Morgan fingerprint density at radius 3 is 2.32 bits per heavy atom. The minimum atomic E-state index is -0.666. The highest BCUT2D eigenvalue weighted by Crippen LogP contribution is 2.30. The van der Waals surface area contributed by atoms with Crippen molar-refractivity contribution in [1.82, 2.24) is 9.78 Å². The molecular formula is C29H27N3O6. The van der Waals surface area contributed by atoms with E-state index in [0.29, 0.717) is 28.4 Å². The summed E-state index contributed by atoms with van der Waals surface area (Å²) < 4.78 is 22.5. The largest absolute Gasteiger partial charge is 0.497 e. The molecule has 4 aromatic rings. The summed E-state index contributed by atoms with van der Waals surface area (Å²) >= 11 is 0. The Morgan fingerprint density at radius 1 is 0.895 bits per heavy atom. The van der Waals surface area contributed by atoms with Crippen LogP contribution in [0.15, 0.2) is 85.1 Å². The van der Waals surface area contributed by atoms with Crippen LogP contribution in [0.1, 0.15) is 5.56 Å². The van der Waals surface area contributed by atoms with Crippen LogP contribution in [-0.2, 0) is 14.3 Å². The van der Waals surface area contributed by atoms with Gasteiger partial charge in [-0.25, -0.2) is 9.48 Å². The number of hydrogen-bond acceptors (Lipinski definition) is 7. The first kappa shape index (κ1) is 26.0. The molecular weight excluding hydrogens is 486 g/mol. The molecule has 0 aliphatic carbocycles. The predicted octanol–water partition coefficient (Wildman–Crippen LogP) is 4.76. The van der Waals surface area contributed by atoms with Gasteiger partial charge in [0.25, 0.3) is 5.91 Å². The van der Waals surface area contributed by atoms with Crippen LogP contribution in [0.25, 0.3) is 23.0 Å². The molecule has 0 unspecified atom stereocenters. The lowest BCUT2D eigenvalue weighted by Gasteiger charge is -2.10. The van der Waals surface area contributed by atoms with E-state index in [1.807, 2.05) is 60.8 Å². The second-order valence-electron chi connectivity index (χ2n) is 8.00. The first-order chi connectivity index (χ1) is 18.5. The number of para-hydroxylation sites is 1. The van der Waals surface area contributed by atoms with Crippen molar-refractivity contribution < 1.29 is 28.5 Å². The molecule has 0 aliphatic rings. The van der Waals surface area contributed by atoms with E-state index >= 15 is 0 Å². The molecule has 0 bridgehead atoms. The minimum Gasteiger partial charge on any atom is -0.497 e. The summed E-state index contributed by atoms with van der Waals surface area (Å²) in [5, 5.41) is 7.38. The van der Waals surface area contributed by atoms with Crippen LogP contribution in [0.5, 0.6) is 17.2 Å². The van der Waals surface area contributed by atoms with E-state index in [4.69, 9.17) is 24.0 Å². The molecule has 0 radical (unpaired) electrons. The molecule has 0 spiro atoms. The molecule has 3 aromatic carbocycles. The first-order valence-corrected chi connectivity index (χ1v) is 11.7. The SMILES string of the molecule is COc1ccc(-c2nn(-c3ccccc3)cc2C=CC(=O)OCC(=O)Nc2ccc(OC)c(OC)c2)cc1. The number of benzene rings is 3. The van der Waals surface area contributed by atoms with Crippen molar-refractivity contribution >= 4 is 23.6 Å². The van der Waals surface area contributed by atoms with Crippen LogP contribution in [0.3, 0.4) is 0 Å². The van der Waals surface area contributed by atoms with E-state index in [1.165, 1.54) is 20.3 Å². The maximum Gasteiger partial charge on any atom is 0.331 e. The molecule has 1 amide bonds. The zero-order valence-electron chi connectivity index (χ0n) is 21.2. The summed E-state index contributed by atoms with van der Waals surface area (Å²) in [5.74, 6) is 0.569. The van der Waals surface area contributed by atoms with Gasteiger partial charge >= 0.3 is 5.97 Å². The number of methoxy groups -OCH3 is 3. The van der Waals surface area contributed by atoms with Crippen LogP contribution >= 0.6 is 0 Å². The van der Waals surface area contributed by atoms with E-state index in [9.17, 15) is 9.59 Å². The summed E-state index contributed by atoms with van der Waals surface area (Å²) in [4.78, 5) is 24.7. The number of carbonyl (C=O) groups is 2. The third kappa shape index (κ3) is 6.38. The zero-order valence-corrected chi connectivity index (χ0v) is 21.2. The Balaban J connectivity index is 1.45. The number of nitrogens with zero attached hydrogens (tertiary/aromatic N) is 2. The molecule has 0 saturated heterocycles. The van der Waals surface area contributed by atoms with Gasteiger partial charge in [0.05, 0.1) is 32.7 Å². The molecule has 194 valence electrons.